The predicted molar refractivity (Wildman–Crippen MR) is 135 cm³/mol. The van der Waals surface area contributed by atoms with Gasteiger partial charge in [0.05, 0.1) is 11.3 Å². The minimum Gasteiger partial charge on any atom is -0.484 e. The van der Waals surface area contributed by atoms with Crippen LogP contribution in [0.25, 0.3) is 0 Å². The summed E-state index contributed by atoms with van der Waals surface area (Å²) in [4.78, 5) is 12.8. The average Bonchev–Trinajstić information content (AvgIpc) is 3.40. The molecule has 0 radical (unpaired) electrons. The van der Waals surface area contributed by atoms with Crippen LogP contribution < -0.4 is 10.1 Å². The van der Waals surface area contributed by atoms with Crippen molar-refractivity contribution in [3.05, 3.63) is 52.0 Å². The Morgan fingerprint density at radius 3 is 2.74 bits per heavy atom. The molecule has 1 fully saturated rings. The lowest BCUT2D eigenvalue weighted by Gasteiger charge is -2.27. The van der Waals surface area contributed by atoms with E-state index in [1.54, 1.807) is 0 Å². The second-order valence-corrected chi connectivity index (χ2v) is 9.99. The number of thioether (sulfide) groups is 1. The second-order valence-electron chi connectivity index (χ2n) is 9.06. The van der Waals surface area contributed by atoms with Gasteiger partial charge in [0.2, 0.25) is 5.91 Å². The van der Waals surface area contributed by atoms with Crippen molar-refractivity contribution in [1.29, 1.82) is 5.26 Å². The SMILES string of the molecule is Cc1ccc(C)c(OCc2nnc(SCC(=O)Nc3c(C#N)c(C)c(C)n3C3CCCCC3)o2)c1. The van der Waals surface area contributed by atoms with E-state index in [4.69, 9.17) is 9.15 Å². The maximum atomic E-state index is 12.8. The molecule has 0 atom stereocenters. The highest BCUT2D eigenvalue weighted by Crippen LogP contribution is 2.37. The van der Waals surface area contributed by atoms with Crippen molar-refractivity contribution < 1.29 is 13.9 Å². The maximum Gasteiger partial charge on any atom is 0.277 e. The Labute approximate surface area is 210 Å². The quantitative estimate of drug-likeness (QED) is 0.396. The molecule has 0 bridgehead atoms. The van der Waals surface area contributed by atoms with Gasteiger partial charge >= 0.3 is 0 Å². The zero-order chi connectivity index (χ0) is 24.9. The lowest BCUT2D eigenvalue weighted by Crippen LogP contribution is -2.21. The topological polar surface area (TPSA) is 106 Å². The molecule has 0 unspecified atom stereocenters. The summed E-state index contributed by atoms with van der Waals surface area (Å²) >= 11 is 1.16. The number of rotatable bonds is 8. The van der Waals surface area contributed by atoms with Crippen LogP contribution in [0.1, 0.15) is 72.0 Å². The maximum absolute atomic E-state index is 12.8. The fourth-order valence-corrected chi connectivity index (χ4v) is 5.12. The Bertz CT molecular complexity index is 1250. The predicted octanol–water partition coefficient (Wildman–Crippen LogP) is 5.79. The Morgan fingerprint density at radius 1 is 1.23 bits per heavy atom. The van der Waals surface area contributed by atoms with E-state index in [1.165, 1.54) is 19.3 Å². The van der Waals surface area contributed by atoms with E-state index in [1.807, 2.05) is 45.9 Å². The lowest BCUT2D eigenvalue weighted by atomic mass is 9.95. The van der Waals surface area contributed by atoms with Gasteiger partial charge in [0, 0.05) is 11.7 Å². The van der Waals surface area contributed by atoms with E-state index in [-0.39, 0.29) is 18.3 Å². The van der Waals surface area contributed by atoms with Crippen LogP contribution in [0, 0.1) is 39.0 Å². The van der Waals surface area contributed by atoms with Crippen LogP contribution in [0.5, 0.6) is 5.75 Å². The summed E-state index contributed by atoms with van der Waals surface area (Å²) in [6, 6.07) is 8.59. The first-order valence-electron chi connectivity index (χ1n) is 11.9. The molecule has 3 aromatic rings. The summed E-state index contributed by atoms with van der Waals surface area (Å²) < 4.78 is 13.6. The summed E-state index contributed by atoms with van der Waals surface area (Å²) in [7, 11) is 0. The number of hydrogen-bond acceptors (Lipinski definition) is 7. The fraction of sp³-hybridized carbons (Fsp3) is 0.462. The fourth-order valence-electron chi connectivity index (χ4n) is 4.54. The molecule has 0 saturated heterocycles. The molecule has 1 saturated carbocycles. The average molecular weight is 494 g/mol. The number of nitrogens with one attached hydrogen (secondary N) is 1. The summed E-state index contributed by atoms with van der Waals surface area (Å²) in [5.74, 6) is 1.60. The molecule has 35 heavy (non-hydrogen) atoms. The number of aryl methyl sites for hydroxylation is 2. The molecule has 9 heteroatoms. The third-order valence-corrected chi connectivity index (χ3v) is 7.35. The van der Waals surface area contributed by atoms with Gasteiger partial charge in [-0.1, -0.05) is 43.2 Å². The highest BCUT2D eigenvalue weighted by Gasteiger charge is 2.26. The van der Waals surface area contributed by atoms with Gasteiger partial charge in [0.15, 0.2) is 6.61 Å². The molecular weight excluding hydrogens is 462 g/mol. The van der Waals surface area contributed by atoms with Crippen LogP contribution >= 0.6 is 11.8 Å². The number of nitrogens with zero attached hydrogens (tertiary/aromatic N) is 4. The number of amides is 1. The molecule has 1 aromatic carbocycles. The van der Waals surface area contributed by atoms with Crippen LogP contribution in [0.15, 0.2) is 27.8 Å². The molecule has 2 heterocycles. The Kier molecular flexibility index (Phi) is 7.81. The van der Waals surface area contributed by atoms with E-state index in [0.717, 1.165) is 52.7 Å². The minimum atomic E-state index is -0.215. The molecule has 0 spiro atoms. The molecule has 2 aromatic heterocycles. The smallest absolute Gasteiger partial charge is 0.277 e. The van der Waals surface area contributed by atoms with Crippen LogP contribution in [0.3, 0.4) is 0 Å². The molecule has 1 aliphatic rings. The van der Waals surface area contributed by atoms with Gasteiger partial charge in [-0.2, -0.15) is 5.26 Å². The molecule has 1 aliphatic carbocycles. The summed E-state index contributed by atoms with van der Waals surface area (Å²) in [6.45, 7) is 8.11. The number of carbonyl (C=O) groups is 1. The third kappa shape index (κ3) is 5.70. The third-order valence-electron chi connectivity index (χ3n) is 6.54. The van der Waals surface area contributed by atoms with E-state index in [0.29, 0.717) is 28.5 Å². The zero-order valence-electron chi connectivity index (χ0n) is 20.7. The summed E-state index contributed by atoms with van der Waals surface area (Å²) in [5.41, 5.74) is 4.64. The Morgan fingerprint density at radius 2 is 2.00 bits per heavy atom. The van der Waals surface area contributed by atoms with Gasteiger partial charge in [0.1, 0.15) is 17.6 Å². The van der Waals surface area contributed by atoms with Crippen LogP contribution in [0.2, 0.25) is 0 Å². The number of carbonyl (C=O) groups excluding carboxylic acids is 1. The van der Waals surface area contributed by atoms with Crippen molar-refractivity contribution in [1.82, 2.24) is 14.8 Å². The number of nitriles is 1. The molecule has 1 N–H and O–H groups in total. The molecular formula is C26H31N5O3S. The van der Waals surface area contributed by atoms with Crippen LogP contribution in [-0.2, 0) is 11.4 Å². The van der Waals surface area contributed by atoms with Crippen molar-refractivity contribution in [2.45, 2.75) is 77.7 Å². The van der Waals surface area contributed by atoms with Gasteiger partial charge in [-0.15, -0.1) is 10.2 Å². The molecule has 1 amide bonds. The first kappa shape index (κ1) is 24.9. The van der Waals surface area contributed by atoms with Crippen molar-refractivity contribution >= 4 is 23.5 Å². The lowest BCUT2D eigenvalue weighted by molar-refractivity contribution is -0.113. The molecule has 4 rings (SSSR count). The number of benzene rings is 1. The first-order valence-corrected chi connectivity index (χ1v) is 12.9. The zero-order valence-corrected chi connectivity index (χ0v) is 21.5. The largest absolute Gasteiger partial charge is 0.484 e. The van der Waals surface area contributed by atoms with Gasteiger partial charge in [-0.25, -0.2) is 0 Å². The molecule has 8 nitrogen and oxygen atoms in total. The highest BCUT2D eigenvalue weighted by molar-refractivity contribution is 7.99. The minimum absolute atomic E-state index is 0.0955. The Balaban J connectivity index is 1.38. The van der Waals surface area contributed by atoms with Crippen LogP contribution in [-0.4, -0.2) is 26.4 Å². The van der Waals surface area contributed by atoms with Gasteiger partial charge in [-0.3, -0.25) is 4.79 Å². The number of ether oxygens (including phenoxy) is 1. The van der Waals surface area contributed by atoms with Gasteiger partial charge < -0.3 is 19.0 Å². The number of anilines is 1. The summed E-state index contributed by atoms with van der Waals surface area (Å²) in [5, 5.41) is 21.1. The normalized spacial score (nSPS) is 14.0. The van der Waals surface area contributed by atoms with Gasteiger partial charge in [0.25, 0.3) is 11.1 Å². The van der Waals surface area contributed by atoms with E-state index in [9.17, 15) is 10.1 Å². The molecule has 0 aliphatic heterocycles. The standard InChI is InChI=1S/C26H31N5O3S/c1-16-10-11-17(2)22(12-16)33-14-24-29-30-26(34-24)35-15-23(32)28-25-21(13-27)18(3)19(4)31(25)20-8-6-5-7-9-20/h10-12,20H,5-9,14-15H2,1-4H3,(H,28,32). The monoisotopic (exact) mass is 493 g/mol. The van der Waals surface area contributed by atoms with Crippen LogP contribution in [0.4, 0.5) is 5.82 Å². The van der Waals surface area contributed by atoms with E-state index >= 15 is 0 Å². The highest BCUT2D eigenvalue weighted by atomic mass is 32.2. The van der Waals surface area contributed by atoms with Crippen molar-refractivity contribution in [2.75, 3.05) is 11.1 Å². The first-order chi connectivity index (χ1) is 16.9. The summed E-state index contributed by atoms with van der Waals surface area (Å²) in [6.07, 6.45) is 5.69. The van der Waals surface area contributed by atoms with Gasteiger partial charge in [-0.05, 0) is 63.3 Å². The molecule has 184 valence electrons. The Hall–Kier alpha value is -3.25. The van der Waals surface area contributed by atoms with Crippen molar-refractivity contribution in [3.63, 3.8) is 0 Å². The van der Waals surface area contributed by atoms with E-state index in [2.05, 4.69) is 26.2 Å². The number of aromatic nitrogens is 3. The van der Waals surface area contributed by atoms with Crippen molar-refractivity contribution in [3.8, 4) is 11.8 Å². The number of hydrogen-bond donors (Lipinski definition) is 1. The van der Waals surface area contributed by atoms with Crippen molar-refractivity contribution in [2.24, 2.45) is 0 Å². The van der Waals surface area contributed by atoms with E-state index < -0.39 is 0 Å². The second kappa shape index (κ2) is 11.0.